The van der Waals surface area contributed by atoms with Gasteiger partial charge in [-0.05, 0) is 74.9 Å². The van der Waals surface area contributed by atoms with Gasteiger partial charge in [0.15, 0.2) is 0 Å². The first-order chi connectivity index (χ1) is 19.7. The fourth-order valence-electron chi connectivity index (χ4n) is 5.33. The molecular weight excluding hydrogens is 526 g/mol. The summed E-state index contributed by atoms with van der Waals surface area (Å²) in [7, 11) is 0. The van der Waals surface area contributed by atoms with Gasteiger partial charge in [-0.3, -0.25) is 9.59 Å². The fourth-order valence-corrected chi connectivity index (χ4v) is 5.33. The highest BCUT2D eigenvalue weighted by atomic mass is 16.5. The normalized spacial score (nSPS) is 15.4. The molecule has 1 aromatic carbocycles. The maximum absolute atomic E-state index is 13.2. The predicted molar refractivity (Wildman–Crippen MR) is 158 cm³/mol. The molecule has 3 N–H and O–H groups in total. The molecule has 1 aliphatic heterocycles. The molecule has 1 fully saturated rings. The van der Waals surface area contributed by atoms with Gasteiger partial charge >= 0.3 is 11.9 Å². The summed E-state index contributed by atoms with van der Waals surface area (Å²) in [5.41, 5.74) is 2.03. The second-order valence-corrected chi connectivity index (χ2v) is 10.9. The highest BCUT2D eigenvalue weighted by molar-refractivity contribution is 6.27. The number of unbranched alkanes of at least 4 members (excludes halogenated alkanes) is 1. The number of anilines is 1. The molecule has 10 heteroatoms. The van der Waals surface area contributed by atoms with E-state index in [1.165, 1.54) is 44.9 Å². The first-order valence-electron chi connectivity index (χ1n) is 15.2. The van der Waals surface area contributed by atoms with E-state index in [1.807, 2.05) is 18.2 Å². The largest absolute Gasteiger partial charge is 0.494 e. The number of carbonyl (C=O) groups is 4. The summed E-state index contributed by atoms with van der Waals surface area (Å²) in [6, 6.07) is 5.87. The summed E-state index contributed by atoms with van der Waals surface area (Å²) in [6.07, 6.45) is 12.9. The molecule has 0 atom stereocenters. The van der Waals surface area contributed by atoms with Crippen molar-refractivity contribution in [3.8, 4) is 5.75 Å². The summed E-state index contributed by atoms with van der Waals surface area (Å²) in [4.78, 5) is 47.5. The lowest BCUT2D eigenvalue weighted by molar-refractivity contribution is -0.159. The van der Waals surface area contributed by atoms with Gasteiger partial charge in [0.2, 0.25) is 11.8 Å². The van der Waals surface area contributed by atoms with Gasteiger partial charge in [0, 0.05) is 38.2 Å². The lowest BCUT2D eigenvalue weighted by Crippen LogP contribution is -2.41. The molecule has 1 saturated carbocycles. The van der Waals surface area contributed by atoms with Gasteiger partial charge < -0.3 is 30.1 Å². The third-order valence-electron chi connectivity index (χ3n) is 7.85. The number of amides is 2. The molecule has 230 valence electrons. The van der Waals surface area contributed by atoms with Gasteiger partial charge in [-0.15, -0.1) is 0 Å². The number of likely N-dealkylation sites (N-methyl/N-ethyl adjacent to an activating group) is 1. The number of hydrogen-bond acceptors (Lipinski definition) is 6. The zero-order valence-corrected chi connectivity index (χ0v) is 24.9. The molecule has 0 bridgehead atoms. The van der Waals surface area contributed by atoms with Crippen LogP contribution in [0.4, 0.5) is 5.69 Å². The van der Waals surface area contributed by atoms with E-state index in [1.54, 1.807) is 0 Å². The van der Waals surface area contributed by atoms with Crippen molar-refractivity contribution < 1.29 is 34.1 Å². The highest BCUT2D eigenvalue weighted by Gasteiger charge is 2.20. The zero-order valence-electron chi connectivity index (χ0n) is 24.9. The SMILES string of the molecule is CCN(CC)CCN(CC1CCCCCCC1)C(=O)CCCCOc1ccc2c(c1)CCC(=O)N2.O=C(O)C(=O)O. The monoisotopic (exact) mass is 575 g/mol. The smallest absolute Gasteiger partial charge is 0.414 e. The Hall–Kier alpha value is -3.14. The Balaban J connectivity index is 0.000000883. The minimum absolute atomic E-state index is 0.0801. The Morgan fingerprint density at radius 3 is 2.22 bits per heavy atom. The third kappa shape index (κ3) is 13.4. The molecule has 10 nitrogen and oxygen atoms in total. The van der Waals surface area contributed by atoms with Gasteiger partial charge in [0.05, 0.1) is 6.61 Å². The molecular formula is C31H49N3O7. The van der Waals surface area contributed by atoms with Crippen LogP contribution in [0, 0.1) is 5.92 Å². The Bertz CT molecular complexity index is 960. The van der Waals surface area contributed by atoms with Crippen molar-refractivity contribution in [2.45, 2.75) is 90.9 Å². The van der Waals surface area contributed by atoms with Crippen LogP contribution in [0.25, 0.3) is 0 Å². The number of benzene rings is 1. The van der Waals surface area contributed by atoms with Crippen LogP contribution in [0.15, 0.2) is 18.2 Å². The average Bonchev–Trinajstić information content (AvgIpc) is 2.94. The number of nitrogens with one attached hydrogen (secondary N) is 1. The fraction of sp³-hybridized carbons (Fsp3) is 0.677. The standard InChI is InChI=1S/C29H47N3O3.C2H2O4/c1-3-31(4-2)19-20-32(23-24-12-8-6-5-7-9-13-24)29(34)14-10-11-21-35-26-16-17-27-25(22-26)15-18-28(33)30-27;3-1(4)2(5)6/h16-17,22,24H,3-15,18-21,23H2,1-2H3,(H,30,33);(H,3,4)(H,5,6). The number of carbonyl (C=O) groups excluding carboxylic acids is 2. The van der Waals surface area contributed by atoms with Crippen molar-refractivity contribution in [1.29, 1.82) is 0 Å². The van der Waals surface area contributed by atoms with Crippen LogP contribution in [0.3, 0.4) is 0 Å². The Morgan fingerprint density at radius 1 is 0.927 bits per heavy atom. The first-order valence-corrected chi connectivity index (χ1v) is 15.2. The molecule has 1 aliphatic carbocycles. The van der Waals surface area contributed by atoms with Gasteiger partial charge in [0.25, 0.3) is 0 Å². The maximum atomic E-state index is 13.2. The van der Waals surface area contributed by atoms with E-state index in [-0.39, 0.29) is 5.91 Å². The number of aliphatic carboxylic acids is 2. The Labute approximate surface area is 244 Å². The number of carboxylic acids is 2. The molecule has 0 radical (unpaired) electrons. The molecule has 2 amide bonds. The van der Waals surface area contributed by atoms with Crippen LogP contribution in [0.5, 0.6) is 5.75 Å². The van der Waals surface area contributed by atoms with Crippen LogP contribution in [0.2, 0.25) is 0 Å². The summed E-state index contributed by atoms with van der Waals surface area (Å²) in [5.74, 6) is -1.75. The van der Waals surface area contributed by atoms with Gasteiger partial charge in [-0.25, -0.2) is 9.59 Å². The highest BCUT2D eigenvalue weighted by Crippen LogP contribution is 2.27. The lowest BCUT2D eigenvalue weighted by atomic mass is 9.90. The van der Waals surface area contributed by atoms with E-state index in [0.29, 0.717) is 31.3 Å². The summed E-state index contributed by atoms with van der Waals surface area (Å²) in [6.45, 7) is 9.82. The molecule has 1 aromatic rings. The topological polar surface area (TPSA) is 136 Å². The molecule has 3 rings (SSSR count). The van der Waals surface area contributed by atoms with E-state index in [2.05, 4.69) is 29.0 Å². The summed E-state index contributed by atoms with van der Waals surface area (Å²) >= 11 is 0. The second kappa shape index (κ2) is 19.1. The van der Waals surface area contributed by atoms with E-state index in [0.717, 1.165) is 69.0 Å². The Kier molecular flexibility index (Phi) is 15.8. The minimum atomic E-state index is -1.82. The van der Waals surface area contributed by atoms with Crippen LogP contribution in [-0.4, -0.2) is 83.1 Å². The number of ether oxygens (including phenoxy) is 1. The van der Waals surface area contributed by atoms with Crippen molar-refractivity contribution in [2.75, 3.05) is 44.6 Å². The zero-order chi connectivity index (χ0) is 30.0. The van der Waals surface area contributed by atoms with E-state index in [4.69, 9.17) is 24.5 Å². The van der Waals surface area contributed by atoms with Crippen LogP contribution >= 0.6 is 0 Å². The number of aryl methyl sites for hydroxylation is 1. The maximum Gasteiger partial charge on any atom is 0.414 e. The number of rotatable bonds is 13. The summed E-state index contributed by atoms with van der Waals surface area (Å²) < 4.78 is 5.95. The van der Waals surface area contributed by atoms with Gasteiger partial charge in [-0.1, -0.05) is 46.0 Å². The second-order valence-electron chi connectivity index (χ2n) is 10.9. The van der Waals surface area contributed by atoms with Crippen molar-refractivity contribution in [2.24, 2.45) is 5.92 Å². The summed E-state index contributed by atoms with van der Waals surface area (Å²) in [5, 5.41) is 17.7. The predicted octanol–water partition coefficient (Wildman–Crippen LogP) is 4.81. The Morgan fingerprint density at radius 2 is 1.59 bits per heavy atom. The lowest BCUT2D eigenvalue weighted by Gasteiger charge is -2.31. The molecule has 0 spiro atoms. The molecule has 2 aliphatic rings. The quantitative estimate of drug-likeness (QED) is 0.225. The molecule has 0 saturated heterocycles. The molecule has 41 heavy (non-hydrogen) atoms. The average molecular weight is 576 g/mol. The van der Waals surface area contributed by atoms with Crippen molar-refractivity contribution in [1.82, 2.24) is 9.80 Å². The van der Waals surface area contributed by atoms with E-state index in [9.17, 15) is 9.59 Å². The molecule has 0 unspecified atom stereocenters. The molecule has 0 aromatic heterocycles. The van der Waals surface area contributed by atoms with E-state index < -0.39 is 11.9 Å². The first kappa shape index (κ1) is 34.1. The number of nitrogens with zero attached hydrogens (tertiary/aromatic N) is 2. The minimum Gasteiger partial charge on any atom is -0.494 e. The van der Waals surface area contributed by atoms with Crippen LogP contribution in [-0.2, 0) is 25.6 Å². The number of fused-ring (bicyclic) bond motifs is 1. The molecule has 1 heterocycles. The third-order valence-corrected chi connectivity index (χ3v) is 7.85. The van der Waals surface area contributed by atoms with Gasteiger partial charge in [0.1, 0.15) is 5.75 Å². The van der Waals surface area contributed by atoms with E-state index >= 15 is 0 Å². The van der Waals surface area contributed by atoms with Crippen molar-refractivity contribution in [3.05, 3.63) is 23.8 Å². The van der Waals surface area contributed by atoms with Crippen molar-refractivity contribution >= 4 is 29.4 Å². The van der Waals surface area contributed by atoms with Crippen LogP contribution < -0.4 is 10.1 Å². The van der Waals surface area contributed by atoms with Gasteiger partial charge in [-0.2, -0.15) is 0 Å². The number of hydrogen-bond donors (Lipinski definition) is 3. The van der Waals surface area contributed by atoms with Crippen LogP contribution in [0.1, 0.15) is 90.0 Å². The van der Waals surface area contributed by atoms with Crippen molar-refractivity contribution in [3.63, 3.8) is 0 Å². The number of carboxylic acid groups (broad SMARTS) is 2.